The van der Waals surface area contributed by atoms with Crippen LogP contribution in [-0.2, 0) is 0 Å². The molecule has 3 aromatic rings. The van der Waals surface area contributed by atoms with Crippen LogP contribution in [0.1, 0.15) is 0 Å². The van der Waals surface area contributed by atoms with Crippen LogP contribution in [0.5, 0.6) is 0 Å². The molecular formula is C16H7F5. The van der Waals surface area contributed by atoms with E-state index < -0.39 is 34.5 Å². The van der Waals surface area contributed by atoms with E-state index in [0.29, 0.717) is 6.07 Å². The zero-order valence-electron chi connectivity index (χ0n) is 10.4. The fourth-order valence-corrected chi connectivity index (χ4v) is 2.24. The Kier molecular flexibility index (Phi) is 3.12. The highest BCUT2D eigenvalue weighted by Crippen LogP contribution is 2.31. The molecule has 0 bridgehead atoms. The van der Waals surface area contributed by atoms with Crippen LogP contribution in [0.2, 0.25) is 0 Å². The minimum absolute atomic E-state index is 0.0865. The number of hydrogen-bond acceptors (Lipinski definition) is 0. The maximum atomic E-state index is 14.0. The van der Waals surface area contributed by atoms with Gasteiger partial charge in [0.05, 0.1) is 5.39 Å². The smallest absolute Gasteiger partial charge is 0.195 e. The quantitative estimate of drug-likeness (QED) is 0.427. The Morgan fingerprint density at radius 2 is 1.33 bits per heavy atom. The maximum absolute atomic E-state index is 14.0. The van der Waals surface area contributed by atoms with Crippen LogP contribution in [0.3, 0.4) is 0 Å². The van der Waals surface area contributed by atoms with E-state index in [1.165, 1.54) is 24.3 Å². The van der Waals surface area contributed by atoms with Gasteiger partial charge >= 0.3 is 0 Å². The van der Waals surface area contributed by atoms with Gasteiger partial charge in [0.1, 0.15) is 11.6 Å². The minimum Gasteiger partial charge on any atom is -0.206 e. The van der Waals surface area contributed by atoms with E-state index in [0.717, 1.165) is 6.07 Å². The highest BCUT2D eigenvalue weighted by Gasteiger charge is 2.18. The van der Waals surface area contributed by atoms with Crippen LogP contribution < -0.4 is 0 Å². The molecule has 0 atom stereocenters. The molecular weight excluding hydrogens is 287 g/mol. The van der Waals surface area contributed by atoms with Crippen LogP contribution in [0, 0.1) is 29.1 Å². The Labute approximate surface area is 116 Å². The molecule has 0 fully saturated rings. The van der Waals surface area contributed by atoms with Crippen LogP contribution in [0.4, 0.5) is 22.0 Å². The molecule has 3 aromatic carbocycles. The molecule has 21 heavy (non-hydrogen) atoms. The van der Waals surface area contributed by atoms with Crippen molar-refractivity contribution in [2.24, 2.45) is 0 Å². The zero-order valence-corrected chi connectivity index (χ0v) is 10.4. The number of fused-ring (bicyclic) bond motifs is 1. The predicted octanol–water partition coefficient (Wildman–Crippen LogP) is 5.20. The van der Waals surface area contributed by atoms with Gasteiger partial charge in [-0.25, -0.2) is 22.0 Å². The summed E-state index contributed by atoms with van der Waals surface area (Å²) in [4.78, 5) is 0. The topological polar surface area (TPSA) is 0 Å². The van der Waals surface area contributed by atoms with E-state index in [1.54, 1.807) is 6.07 Å². The lowest BCUT2D eigenvalue weighted by atomic mass is 10.00. The number of hydrogen-bond donors (Lipinski definition) is 0. The minimum atomic E-state index is -1.74. The first kappa shape index (κ1) is 13.5. The van der Waals surface area contributed by atoms with Crippen molar-refractivity contribution in [2.45, 2.75) is 0 Å². The summed E-state index contributed by atoms with van der Waals surface area (Å²) in [7, 11) is 0. The molecule has 0 heterocycles. The summed E-state index contributed by atoms with van der Waals surface area (Å²) < 4.78 is 67.7. The van der Waals surface area contributed by atoms with Crippen molar-refractivity contribution in [2.75, 3.05) is 0 Å². The largest absolute Gasteiger partial charge is 0.206 e. The fourth-order valence-electron chi connectivity index (χ4n) is 2.24. The molecule has 0 aliphatic rings. The second kappa shape index (κ2) is 4.84. The molecule has 0 aromatic heterocycles. The fraction of sp³-hybridized carbons (Fsp3) is 0. The Morgan fingerprint density at radius 3 is 2.05 bits per heavy atom. The molecule has 0 spiro atoms. The number of benzene rings is 3. The van der Waals surface area contributed by atoms with Gasteiger partial charge in [-0.3, -0.25) is 0 Å². The van der Waals surface area contributed by atoms with Gasteiger partial charge in [-0.2, -0.15) is 0 Å². The molecule has 0 aliphatic heterocycles. The van der Waals surface area contributed by atoms with Gasteiger partial charge in [-0.15, -0.1) is 0 Å². The second-order valence-electron chi connectivity index (χ2n) is 4.52. The summed E-state index contributed by atoms with van der Waals surface area (Å²) in [5.74, 6) is -6.44. The summed E-state index contributed by atoms with van der Waals surface area (Å²) in [5, 5.41) is -0.835. The molecule has 106 valence electrons. The van der Waals surface area contributed by atoms with Crippen molar-refractivity contribution in [1.82, 2.24) is 0 Å². The third-order valence-electron chi connectivity index (χ3n) is 3.21. The van der Waals surface area contributed by atoms with E-state index in [-0.39, 0.29) is 16.5 Å². The highest BCUT2D eigenvalue weighted by atomic mass is 19.2. The Morgan fingerprint density at radius 1 is 0.619 bits per heavy atom. The third-order valence-corrected chi connectivity index (χ3v) is 3.21. The van der Waals surface area contributed by atoms with E-state index >= 15 is 0 Å². The van der Waals surface area contributed by atoms with Crippen LogP contribution >= 0.6 is 0 Å². The molecule has 0 saturated heterocycles. The monoisotopic (exact) mass is 294 g/mol. The van der Waals surface area contributed by atoms with Crippen molar-refractivity contribution in [3.63, 3.8) is 0 Å². The van der Waals surface area contributed by atoms with Gasteiger partial charge < -0.3 is 0 Å². The first-order valence-electron chi connectivity index (χ1n) is 6.00. The maximum Gasteiger partial charge on any atom is 0.195 e. The first-order valence-corrected chi connectivity index (χ1v) is 6.00. The third kappa shape index (κ3) is 2.14. The summed E-state index contributed by atoms with van der Waals surface area (Å²) in [5.41, 5.74) is 0.201. The van der Waals surface area contributed by atoms with Crippen molar-refractivity contribution >= 4 is 10.8 Å². The normalized spacial score (nSPS) is 11.1. The van der Waals surface area contributed by atoms with Gasteiger partial charge in [0.15, 0.2) is 17.5 Å². The van der Waals surface area contributed by atoms with E-state index in [9.17, 15) is 22.0 Å². The van der Waals surface area contributed by atoms with E-state index in [2.05, 4.69) is 0 Å². The van der Waals surface area contributed by atoms with Gasteiger partial charge in [0.2, 0.25) is 0 Å². The molecule has 0 nitrogen and oxygen atoms in total. The number of halogens is 5. The molecule has 0 radical (unpaired) electrons. The Hall–Kier alpha value is -2.43. The van der Waals surface area contributed by atoms with Gasteiger partial charge in [-0.1, -0.05) is 18.2 Å². The van der Waals surface area contributed by atoms with E-state index in [4.69, 9.17) is 0 Å². The summed E-state index contributed by atoms with van der Waals surface area (Å²) in [6, 6.07) is 8.39. The Bertz CT molecular complexity index is 855. The summed E-state index contributed by atoms with van der Waals surface area (Å²) in [6.45, 7) is 0. The SMILES string of the molecule is Fc1ccccc1-c1cc(F)c2c(F)c(F)c(F)cc2c1. The van der Waals surface area contributed by atoms with Crippen molar-refractivity contribution in [3.8, 4) is 11.1 Å². The van der Waals surface area contributed by atoms with E-state index in [1.807, 2.05) is 0 Å². The zero-order chi connectivity index (χ0) is 15.1. The molecule has 0 amide bonds. The Balaban J connectivity index is 2.35. The predicted molar refractivity (Wildman–Crippen MR) is 69.2 cm³/mol. The van der Waals surface area contributed by atoms with Gasteiger partial charge in [0.25, 0.3) is 0 Å². The average molecular weight is 294 g/mol. The van der Waals surface area contributed by atoms with Crippen LogP contribution in [-0.4, -0.2) is 0 Å². The average Bonchev–Trinajstić information content (AvgIpc) is 2.44. The lowest BCUT2D eigenvalue weighted by Crippen LogP contribution is -1.96. The molecule has 0 N–H and O–H groups in total. The summed E-state index contributed by atoms with van der Waals surface area (Å²) in [6.07, 6.45) is 0. The molecule has 0 unspecified atom stereocenters. The van der Waals surface area contributed by atoms with Crippen LogP contribution in [0.15, 0.2) is 42.5 Å². The standard InChI is InChI=1S/C16H7F5/c17-11-4-2-1-3-10(11)8-5-9-7-13(19)15(20)16(21)14(9)12(18)6-8/h1-7H. The second-order valence-corrected chi connectivity index (χ2v) is 4.52. The van der Waals surface area contributed by atoms with Gasteiger partial charge in [0, 0.05) is 5.56 Å². The molecule has 0 aliphatic carbocycles. The summed E-state index contributed by atoms with van der Waals surface area (Å²) >= 11 is 0. The molecule has 0 saturated carbocycles. The van der Waals surface area contributed by atoms with Crippen LogP contribution in [0.25, 0.3) is 21.9 Å². The van der Waals surface area contributed by atoms with Gasteiger partial charge in [-0.05, 0) is 35.2 Å². The van der Waals surface area contributed by atoms with Crippen molar-refractivity contribution in [1.29, 1.82) is 0 Å². The lowest BCUT2D eigenvalue weighted by molar-refractivity contribution is 0.451. The molecule has 5 heteroatoms. The highest BCUT2D eigenvalue weighted by molar-refractivity contribution is 5.88. The van der Waals surface area contributed by atoms with Crippen molar-refractivity contribution < 1.29 is 22.0 Å². The first-order chi connectivity index (χ1) is 9.99. The molecule has 3 rings (SSSR count). The number of rotatable bonds is 1. The van der Waals surface area contributed by atoms with Crippen molar-refractivity contribution in [3.05, 3.63) is 71.6 Å². The lowest BCUT2D eigenvalue weighted by Gasteiger charge is -2.08.